The van der Waals surface area contributed by atoms with Gasteiger partial charge in [-0.05, 0) is 25.5 Å². The van der Waals surface area contributed by atoms with Gasteiger partial charge in [0.1, 0.15) is 0 Å². The lowest BCUT2D eigenvalue weighted by molar-refractivity contribution is -0.141. The van der Waals surface area contributed by atoms with Crippen molar-refractivity contribution in [1.82, 2.24) is 4.98 Å². The molecule has 0 aromatic carbocycles. The van der Waals surface area contributed by atoms with Crippen LogP contribution in [0.25, 0.3) is 0 Å². The summed E-state index contributed by atoms with van der Waals surface area (Å²) in [4.78, 5) is 15.0. The lowest BCUT2D eigenvalue weighted by Gasteiger charge is -2.07. The van der Waals surface area contributed by atoms with Gasteiger partial charge in [-0.15, -0.1) is 0 Å². The Morgan fingerprint density at radius 3 is 2.64 bits per heavy atom. The predicted molar refractivity (Wildman–Crippen MR) is 54.2 cm³/mol. The molecule has 3 heteroatoms. The van der Waals surface area contributed by atoms with Gasteiger partial charge < -0.3 is 5.11 Å². The van der Waals surface area contributed by atoms with Gasteiger partial charge in [-0.2, -0.15) is 0 Å². The molecule has 0 fully saturated rings. The number of hydrogen-bond acceptors (Lipinski definition) is 2. The second-order valence-corrected chi connectivity index (χ2v) is 3.65. The van der Waals surface area contributed by atoms with Gasteiger partial charge in [0.25, 0.3) is 0 Å². The van der Waals surface area contributed by atoms with Crippen molar-refractivity contribution in [3.63, 3.8) is 0 Å². The molecule has 0 radical (unpaired) electrons. The van der Waals surface area contributed by atoms with Crippen LogP contribution in [0, 0.1) is 19.8 Å². The number of rotatable bonds is 3. The van der Waals surface area contributed by atoms with Crippen LogP contribution in [0.2, 0.25) is 0 Å². The molecular formula is C11H15NO2. The van der Waals surface area contributed by atoms with Crippen LogP contribution < -0.4 is 0 Å². The van der Waals surface area contributed by atoms with Crippen molar-refractivity contribution in [2.24, 2.45) is 5.92 Å². The normalized spacial score (nSPS) is 12.5. The summed E-state index contributed by atoms with van der Waals surface area (Å²) in [6.45, 7) is 5.62. The molecule has 0 bridgehead atoms. The Morgan fingerprint density at radius 1 is 1.50 bits per heavy atom. The quantitative estimate of drug-likeness (QED) is 0.798. The minimum absolute atomic E-state index is 0.371. The van der Waals surface area contributed by atoms with Gasteiger partial charge in [0, 0.05) is 17.8 Å². The molecule has 1 N–H and O–H groups in total. The molecule has 0 saturated heterocycles. The topological polar surface area (TPSA) is 50.2 Å². The standard InChI is InChI=1S/C11H15NO2/c1-7-4-5-10(12-9(7)3)6-8(2)11(13)14/h4-5,8H,6H2,1-3H3,(H,13,14). The first kappa shape index (κ1) is 10.7. The summed E-state index contributed by atoms with van der Waals surface area (Å²) >= 11 is 0. The molecule has 76 valence electrons. The number of nitrogens with zero attached hydrogens (tertiary/aromatic N) is 1. The highest BCUT2D eigenvalue weighted by molar-refractivity contribution is 5.69. The number of aromatic nitrogens is 1. The molecule has 0 amide bonds. The number of pyridine rings is 1. The zero-order chi connectivity index (χ0) is 10.7. The molecule has 0 spiro atoms. The fourth-order valence-corrected chi connectivity index (χ4v) is 1.20. The van der Waals surface area contributed by atoms with Crippen LogP contribution in [0.15, 0.2) is 12.1 Å². The number of carboxylic acid groups (broad SMARTS) is 1. The third-order valence-corrected chi connectivity index (χ3v) is 2.34. The Balaban J connectivity index is 2.78. The number of aliphatic carboxylic acids is 1. The number of hydrogen-bond donors (Lipinski definition) is 1. The van der Waals surface area contributed by atoms with Crippen LogP contribution in [0.4, 0.5) is 0 Å². The lowest BCUT2D eigenvalue weighted by atomic mass is 10.0. The fraction of sp³-hybridized carbons (Fsp3) is 0.455. The van der Waals surface area contributed by atoms with E-state index in [-0.39, 0.29) is 5.92 Å². The minimum atomic E-state index is -0.773. The van der Waals surface area contributed by atoms with Crippen molar-refractivity contribution >= 4 is 5.97 Å². The molecule has 1 rings (SSSR count). The molecule has 1 aromatic rings. The monoisotopic (exact) mass is 193 g/mol. The molecular weight excluding hydrogens is 178 g/mol. The highest BCUT2D eigenvalue weighted by Crippen LogP contribution is 2.09. The van der Waals surface area contributed by atoms with E-state index >= 15 is 0 Å². The SMILES string of the molecule is Cc1ccc(CC(C)C(=O)O)nc1C. The molecule has 0 aliphatic carbocycles. The van der Waals surface area contributed by atoms with Crippen molar-refractivity contribution in [1.29, 1.82) is 0 Å². The summed E-state index contributed by atoms with van der Waals surface area (Å²) in [5, 5.41) is 8.74. The maximum Gasteiger partial charge on any atom is 0.306 e. The van der Waals surface area contributed by atoms with Gasteiger partial charge in [-0.1, -0.05) is 13.0 Å². The van der Waals surface area contributed by atoms with Gasteiger partial charge in [-0.25, -0.2) is 0 Å². The van der Waals surface area contributed by atoms with E-state index in [1.165, 1.54) is 0 Å². The zero-order valence-corrected chi connectivity index (χ0v) is 8.74. The van der Waals surface area contributed by atoms with Crippen LogP contribution in [-0.4, -0.2) is 16.1 Å². The van der Waals surface area contributed by atoms with Crippen molar-refractivity contribution in [3.8, 4) is 0 Å². The maximum atomic E-state index is 10.6. The molecule has 1 heterocycles. The van der Waals surface area contributed by atoms with Gasteiger partial charge in [-0.3, -0.25) is 9.78 Å². The molecule has 1 unspecified atom stereocenters. The summed E-state index contributed by atoms with van der Waals surface area (Å²) in [6, 6.07) is 3.87. The van der Waals surface area contributed by atoms with E-state index in [9.17, 15) is 4.79 Å². The lowest BCUT2D eigenvalue weighted by Crippen LogP contribution is -2.13. The molecule has 0 aliphatic heterocycles. The first-order valence-electron chi connectivity index (χ1n) is 4.66. The Morgan fingerprint density at radius 2 is 2.14 bits per heavy atom. The molecule has 0 aliphatic rings. The maximum absolute atomic E-state index is 10.6. The van der Waals surface area contributed by atoms with Crippen molar-refractivity contribution < 1.29 is 9.90 Å². The van der Waals surface area contributed by atoms with Crippen LogP contribution in [-0.2, 0) is 11.2 Å². The van der Waals surface area contributed by atoms with Gasteiger partial charge in [0.05, 0.1) is 5.92 Å². The molecule has 14 heavy (non-hydrogen) atoms. The largest absolute Gasteiger partial charge is 0.481 e. The highest BCUT2D eigenvalue weighted by Gasteiger charge is 2.12. The molecule has 3 nitrogen and oxygen atoms in total. The average molecular weight is 193 g/mol. The Kier molecular flexibility index (Phi) is 3.23. The summed E-state index contributed by atoms with van der Waals surface area (Å²) < 4.78 is 0. The van der Waals surface area contributed by atoms with Crippen LogP contribution in [0.3, 0.4) is 0 Å². The Labute approximate surface area is 83.8 Å². The number of aryl methyl sites for hydroxylation is 2. The van der Waals surface area contributed by atoms with Crippen molar-refractivity contribution in [2.75, 3.05) is 0 Å². The van der Waals surface area contributed by atoms with Gasteiger partial charge in [0.2, 0.25) is 0 Å². The smallest absolute Gasteiger partial charge is 0.306 e. The van der Waals surface area contributed by atoms with Crippen LogP contribution in [0.5, 0.6) is 0 Å². The van der Waals surface area contributed by atoms with Gasteiger partial charge >= 0.3 is 5.97 Å². The molecule has 1 atom stereocenters. The molecule has 0 saturated carbocycles. The Bertz CT molecular complexity index is 347. The van der Waals surface area contributed by atoms with Crippen LogP contribution in [0.1, 0.15) is 23.9 Å². The Hall–Kier alpha value is -1.38. The van der Waals surface area contributed by atoms with E-state index in [0.29, 0.717) is 6.42 Å². The van der Waals surface area contributed by atoms with Gasteiger partial charge in [0.15, 0.2) is 0 Å². The summed E-state index contributed by atoms with van der Waals surface area (Å²) in [5.41, 5.74) is 2.96. The second-order valence-electron chi connectivity index (χ2n) is 3.65. The first-order chi connectivity index (χ1) is 6.50. The third kappa shape index (κ3) is 2.55. The fourth-order valence-electron chi connectivity index (χ4n) is 1.20. The average Bonchev–Trinajstić information content (AvgIpc) is 2.11. The first-order valence-corrected chi connectivity index (χ1v) is 4.66. The van der Waals surface area contributed by atoms with Crippen molar-refractivity contribution in [2.45, 2.75) is 27.2 Å². The van der Waals surface area contributed by atoms with Crippen molar-refractivity contribution in [3.05, 3.63) is 29.1 Å². The van der Waals surface area contributed by atoms with E-state index in [1.54, 1.807) is 6.92 Å². The third-order valence-electron chi connectivity index (χ3n) is 2.34. The van der Waals surface area contributed by atoms with E-state index in [0.717, 1.165) is 17.0 Å². The summed E-state index contributed by atoms with van der Waals surface area (Å²) in [7, 11) is 0. The molecule has 1 aromatic heterocycles. The van der Waals surface area contributed by atoms with E-state index in [2.05, 4.69) is 4.98 Å². The van der Waals surface area contributed by atoms with E-state index < -0.39 is 5.97 Å². The summed E-state index contributed by atoms with van der Waals surface area (Å²) in [5.74, 6) is -1.14. The number of carbonyl (C=O) groups is 1. The second kappa shape index (κ2) is 4.22. The van der Waals surface area contributed by atoms with Crippen LogP contribution >= 0.6 is 0 Å². The van der Waals surface area contributed by atoms with E-state index in [1.807, 2.05) is 26.0 Å². The van der Waals surface area contributed by atoms with E-state index in [4.69, 9.17) is 5.11 Å². The number of carboxylic acids is 1. The summed E-state index contributed by atoms with van der Waals surface area (Å²) in [6.07, 6.45) is 0.496. The minimum Gasteiger partial charge on any atom is -0.481 e. The predicted octanol–water partition coefficient (Wildman–Crippen LogP) is 1.96. The highest BCUT2D eigenvalue weighted by atomic mass is 16.4. The zero-order valence-electron chi connectivity index (χ0n) is 8.74.